The van der Waals surface area contributed by atoms with Crippen LogP contribution in [-0.4, -0.2) is 25.7 Å². The molecule has 1 N–H and O–H groups in total. The fourth-order valence-electron chi connectivity index (χ4n) is 2.34. The van der Waals surface area contributed by atoms with Crippen LogP contribution >= 0.6 is 11.6 Å². The second-order valence-electron chi connectivity index (χ2n) is 5.28. The number of rotatable bonds is 5. The Bertz CT molecular complexity index is 748. The third-order valence-corrected chi connectivity index (χ3v) is 3.74. The highest BCUT2D eigenvalue weighted by atomic mass is 35.5. The zero-order valence-electron chi connectivity index (χ0n) is 13.3. The number of hydrogen-bond donors (Lipinski definition) is 1. The van der Waals surface area contributed by atoms with Crippen molar-refractivity contribution in [1.29, 1.82) is 0 Å². The molecule has 3 rings (SSSR count). The average Bonchev–Trinajstić information content (AvgIpc) is 2.61. The van der Waals surface area contributed by atoms with E-state index in [4.69, 9.17) is 25.8 Å². The van der Waals surface area contributed by atoms with Crippen molar-refractivity contribution in [1.82, 2.24) is 0 Å². The van der Waals surface area contributed by atoms with Crippen molar-refractivity contribution in [3.05, 3.63) is 47.0 Å². The van der Waals surface area contributed by atoms with Crippen LogP contribution in [0.4, 0.5) is 5.69 Å². The fraction of sp³-hybridized carbons (Fsp3) is 0.278. The Labute approximate surface area is 145 Å². The zero-order valence-corrected chi connectivity index (χ0v) is 14.1. The maximum Gasteiger partial charge on any atom is 0.255 e. The number of para-hydroxylation sites is 2. The molecule has 0 atom stereocenters. The van der Waals surface area contributed by atoms with Crippen LogP contribution in [0, 0.1) is 0 Å². The summed E-state index contributed by atoms with van der Waals surface area (Å²) in [5, 5.41) is 3.21. The zero-order chi connectivity index (χ0) is 16.9. The minimum Gasteiger partial charge on any atom is -0.491 e. The molecule has 1 amide bonds. The highest BCUT2D eigenvalue weighted by molar-refractivity contribution is 6.32. The summed E-state index contributed by atoms with van der Waals surface area (Å²) in [7, 11) is 0. The molecule has 6 heteroatoms. The molecular weight excluding hydrogens is 330 g/mol. The standard InChI is InChI=1S/C18H18ClNO4/c1-2-7-22-15-6-4-3-5-14(15)20-18(21)12-10-13(19)17-16(11-12)23-8-9-24-17/h3-6,10-11H,2,7-9H2,1H3,(H,20,21). The number of carbonyl (C=O) groups excluding carboxylic acids is 1. The molecule has 126 valence electrons. The van der Waals surface area contributed by atoms with Crippen molar-refractivity contribution in [2.45, 2.75) is 13.3 Å². The monoisotopic (exact) mass is 347 g/mol. The maximum absolute atomic E-state index is 12.6. The van der Waals surface area contributed by atoms with E-state index in [1.807, 2.05) is 25.1 Å². The van der Waals surface area contributed by atoms with Gasteiger partial charge in [-0.05, 0) is 30.7 Å². The molecule has 0 saturated carbocycles. The largest absolute Gasteiger partial charge is 0.491 e. The summed E-state index contributed by atoms with van der Waals surface area (Å²) < 4.78 is 16.6. The molecule has 0 spiro atoms. The van der Waals surface area contributed by atoms with Crippen LogP contribution in [0.5, 0.6) is 17.2 Å². The quantitative estimate of drug-likeness (QED) is 0.882. The molecule has 0 radical (unpaired) electrons. The van der Waals surface area contributed by atoms with Crippen LogP contribution in [-0.2, 0) is 0 Å². The molecule has 5 nitrogen and oxygen atoms in total. The molecule has 2 aromatic rings. The molecule has 1 heterocycles. The molecule has 1 aliphatic heterocycles. The normalized spacial score (nSPS) is 12.6. The third kappa shape index (κ3) is 3.57. The summed E-state index contributed by atoms with van der Waals surface area (Å²) in [6.45, 7) is 3.49. The highest BCUT2D eigenvalue weighted by Gasteiger charge is 2.20. The number of nitrogens with one attached hydrogen (secondary N) is 1. The van der Waals surface area contributed by atoms with E-state index in [1.165, 1.54) is 0 Å². The summed E-state index contributed by atoms with van der Waals surface area (Å²) in [6, 6.07) is 10.5. The van der Waals surface area contributed by atoms with E-state index in [0.29, 0.717) is 53.3 Å². The van der Waals surface area contributed by atoms with Crippen molar-refractivity contribution >= 4 is 23.2 Å². The van der Waals surface area contributed by atoms with Gasteiger partial charge in [-0.15, -0.1) is 0 Å². The number of hydrogen-bond acceptors (Lipinski definition) is 4. The van der Waals surface area contributed by atoms with Crippen LogP contribution in [0.2, 0.25) is 5.02 Å². The Morgan fingerprint density at radius 3 is 2.88 bits per heavy atom. The van der Waals surface area contributed by atoms with Gasteiger partial charge in [-0.2, -0.15) is 0 Å². The fourth-order valence-corrected chi connectivity index (χ4v) is 2.61. The van der Waals surface area contributed by atoms with Crippen molar-refractivity contribution in [3.63, 3.8) is 0 Å². The van der Waals surface area contributed by atoms with Gasteiger partial charge in [-0.25, -0.2) is 0 Å². The van der Waals surface area contributed by atoms with Gasteiger partial charge in [0.1, 0.15) is 19.0 Å². The number of benzene rings is 2. The smallest absolute Gasteiger partial charge is 0.255 e. The molecular formula is C18H18ClNO4. The van der Waals surface area contributed by atoms with Crippen LogP contribution in [0.15, 0.2) is 36.4 Å². The number of fused-ring (bicyclic) bond motifs is 1. The molecule has 0 aromatic heterocycles. The summed E-state index contributed by atoms with van der Waals surface area (Å²) in [5.74, 6) is 1.30. The topological polar surface area (TPSA) is 56.8 Å². The minimum absolute atomic E-state index is 0.290. The molecule has 0 bridgehead atoms. The Hall–Kier alpha value is -2.40. The van der Waals surface area contributed by atoms with Crippen molar-refractivity contribution in [2.75, 3.05) is 25.1 Å². The lowest BCUT2D eigenvalue weighted by Crippen LogP contribution is -2.18. The van der Waals surface area contributed by atoms with E-state index in [1.54, 1.807) is 18.2 Å². The predicted octanol–water partition coefficient (Wildman–Crippen LogP) is 4.15. The first-order chi connectivity index (χ1) is 11.7. The van der Waals surface area contributed by atoms with Gasteiger partial charge < -0.3 is 19.5 Å². The lowest BCUT2D eigenvalue weighted by Gasteiger charge is -2.20. The van der Waals surface area contributed by atoms with Gasteiger partial charge in [-0.3, -0.25) is 4.79 Å². The Morgan fingerprint density at radius 1 is 1.25 bits per heavy atom. The average molecular weight is 348 g/mol. The summed E-state index contributed by atoms with van der Waals surface area (Å²) in [4.78, 5) is 12.6. The number of carbonyl (C=O) groups is 1. The third-order valence-electron chi connectivity index (χ3n) is 3.46. The van der Waals surface area contributed by atoms with E-state index < -0.39 is 0 Å². The van der Waals surface area contributed by atoms with Crippen LogP contribution < -0.4 is 19.5 Å². The van der Waals surface area contributed by atoms with E-state index in [-0.39, 0.29) is 5.91 Å². The SMILES string of the molecule is CCCOc1ccccc1NC(=O)c1cc(Cl)c2c(c1)OCCO2. The van der Waals surface area contributed by atoms with E-state index in [0.717, 1.165) is 6.42 Å². The Kier molecular flexibility index (Phi) is 5.11. The van der Waals surface area contributed by atoms with Crippen molar-refractivity contribution in [2.24, 2.45) is 0 Å². The van der Waals surface area contributed by atoms with Crippen LogP contribution in [0.25, 0.3) is 0 Å². The van der Waals surface area contributed by atoms with Crippen LogP contribution in [0.3, 0.4) is 0 Å². The number of anilines is 1. The van der Waals surface area contributed by atoms with Gasteiger partial charge in [-0.1, -0.05) is 30.7 Å². The second-order valence-corrected chi connectivity index (χ2v) is 5.69. The first kappa shape index (κ1) is 16.5. The summed E-state index contributed by atoms with van der Waals surface area (Å²) >= 11 is 6.18. The molecule has 0 unspecified atom stereocenters. The molecule has 0 fully saturated rings. The number of amides is 1. The number of halogens is 1. The molecule has 0 aliphatic carbocycles. The lowest BCUT2D eigenvalue weighted by molar-refractivity contribution is 0.102. The van der Waals surface area contributed by atoms with E-state index in [2.05, 4.69) is 5.32 Å². The van der Waals surface area contributed by atoms with Crippen molar-refractivity contribution < 1.29 is 19.0 Å². The van der Waals surface area contributed by atoms with Gasteiger partial charge in [0.15, 0.2) is 11.5 Å². The summed E-state index contributed by atoms with van der Waals surface area (Å²) in [5.41, 5.74) is 1.01. The second kappa shape index (κ2) is 7.45. The van der Waals surface area contributed by atoms with E-state index >= 15 is 0 Å². The Balaban J connectivity index is 1.82. The lowest BCUT2D eigenvalue weighted by atomic mass is 10.1. The van der Waals surface area contributed by atoms with Crippen molar-refractivity contribution in [3.8, 4) is 17.2 Å². The first-order valence-corrected chi connectivity index (χ1v) is 8.19. The van der Waals surface area contributed by atoms with Crippen LogP contribution in [0.1, 0.15) is 23.7 Å². The van der Waals surface area contributed by atoms with E-state index in [9.17, 15) is 4.79 Å². The van der Waals surface area contributed by atoms with Gasteiger partial charge >= 0.3 is 0 Å². The van der Waals surface area contributed by atoms with Gasteiger partial charge in [0, 0.05) is 5.56 Å². The predicted molar refractivity (Wildman–Crippen MR) is 92.6 cm³/mol. The Morgan fingerprint density at radius 2 is 2.04 bits per heavy atom. The van der Waals surface area contributed by atoms with Gasteiger partial charge in [0.2, 0.25) is 0 Å². The first-order valence-electron chi connectivity index (χ1n) is 7.81. The molecule has 24 heavy (non-hydrogen) atoms. The van der Waals surface area contributed by atoms with Gasteiger partial charge in [0.05, 0.1) is 17.3 Å². The molecule has 2 aromatic carbocycles. The van der Waals surface area contributed by atoms with Gasteiger partial charge in [0.25, 0.3) is 5.91 Å². The summed E-state index contributed by atoms with van der Waals surface area (Å²) in [6.07, 6.45) is 0.889. The molecule has 1 aliphatic rings. The maximum atomic E-state index is 12.6. The molecule has 0 saturated heterocycles. The number of ether oxygens (including phenoxy) is 3. The highest BCUT2D eigenvalue weighted by Crippen LogP contribution is 2.38. The minimum atomic E-state index is -0.290.